The predicted octanol–water partition coefficient (Wildman–Crippen LogP) is 5.05. The fraction of sp³-hybridized carbons (Fsp3) is 0.407. The molecule has 2 aromatic carbocycles. The maximum Gasteiger partial charge on any atom is 0.336 e. The van der Waals surface area contributed by atoms with Gasteiger partial charge in [-0.15, -0.1) is 0 Å². The molecule has 0 aliphatic rings. The minimum atomic E-state index is -3.93. The van der Waals surface area contributed by atoms with Crippen LogP contribution in [-0.4, -0.2) is 20.4 Å². The van der Waals surface area contributed by atoms with Crippen LogP contribution in [-0.2, 0) is 21.2 Å². The summed E-state index contributed by atoms with van der Waals surface area (Å²) in [7, 11) is -3.93. The number of nitrogens with one attached hydrogen (secondary N) is 1. The van der Waals surface area contributed by atoms with E-state index in [9.17, 15) is 18.0 Å². The lowest BCUT2D eigenvalue weighted by Crippen LogP contribution is -2.43. The fourth-order valence-corrected chi connectivity index (χ4v) is 5.11. The number of sulfonamides is 1. The summed E-state index contributed by atoms with van der Waals surface area (Å²) in [4.78, 5) is 25.4. The molecule has 1 aromatic heterocycles. The van der Waals surface area contributed by atoms with Gasteiger partial charge < -0.3 is 9.15 Å². The number of hydrogen-bond donors (Lipinski definition) is 1. The zero-order valence-electron chi connectivity index (χ0n) is 20.9. The van der Waals surface area contributed by atoms with Crippen molar-refractivity contribution in [1.29, 1.82) is 0 Å². The zero-order valence-corrected chi connectivity index (χ0v) is 21.7. The SMILES string of the molecule is CCCCc1cc(=O)oc2c(C)c(OC(=O)[C@@H](CC(C)C)NS(=O)(=O)c3ccc(C)cc3)ccc12. The first kappa shape index (κ1) is 26.6. The molecule has 0 radical (unpaired) electrons. The van der Waals surface area contributed by atoms with Gasteiger partial charge in [-0.1, -0.05) is 44.9 Å². The van der Waals surface area contributed by atoms with Crippen molar-refractivity contribution in [2.24, 2.45) is 5.92 Å². The number of fused-ring (bicyclic) bond motifs is 1. The molecular formula is C27H33NO6S. The Hall–Kier alpha value is -2.97. The molecule has 35 heavy (non-hydrogen) atoms. The molecule has 1 N–H and O–H groups in total. The molecule has 3 aromatic rings. The van der Waals surface area contributed by atoms with Gasteiger partial charge in [0.25, 0.3) is 0 Å². The Balaban J connectivity index is 1.91. The molecule has 0 fully saturated rings. The average Bonchev–Trinajstić information content (AvgIpc) is 2.79. The first-order chi connectivity index (χ1) is 16.5. The van der Waals surface area contributed by atoms with Crippen LogP contribution in [0.5, 0.6) is 5.75 Å². The smallest absolute Gasteiger partial charge is 0.336 e. The second-order valence-corrected chi connectivity index (χ2v) is 11.0. The Labute approximate surface area is 206 Å². The van der Waals surface area contributed by atoms with Gasteiger partial charge in [0.1, 0.15) is 17.4 Å². The van der Waals surface area contributed by atoms with Crippen LogP contribution in [0.15, 0.2) is 56.6 Å². The number of carbonyl (C=O) groups is 1. The molecular weight excluding hydrogens is 466 g/mol. The monoisotopic (exact) mass is 499 g/mol. The minimum Gasteiger partial charge on any atom is -0.425 e. The molecule has 0 amide bonds. The molecule has 0 aliphatic carbocycles. The highest BCUT2D eigenvalue weighted by Crippen LogP contribution is 2.29. The lowest BCUT2D eigenvalue weighted by Gasteiger charge is -2.20. The topological polar surface area (TPSA) is 103 Å². The molecule has 0 saturated heterocycles. The third kappa shape index (κ3) is 6.58. The molecule has 0 aliphatic heterocycles. The highest BCUT2D eigenvalue weighted by Gasteiger charge is 2.29. The first-order valence-corrected chi connectivity index (χ1v) is 13.4. The molecule has 0 spiro atoms. The maximum atomic E-state index is 13.1. The number of esters is 1. The van der Waals surface area contributed by atoms with Gasteiger partial charge in [-0.05, 0) is 68.9 Å². The van der Waals surface area contributed by atoms with Crippen LogP contribution in [0.1, 0.15) is 56.7 Å². The lowest BCUT2D eigenvalue weighted by molar-refractivity contribution is -0.136. The Morgan fingerprint density at radius 2 is 1.77 bits per heavy atom. The van der Waals surface area contributed by atoms with Crippen LogP contribution in [0.2, 0.25) is 0 Å². The van der Waals surface area contributed by atoms with Crippen molar-refractivity contribution in [2.45, 2.75) is 71.2 Å². The van der Waals surface area contributed by atoms with E-state index in [-0.39, 0.29) is 23.0 Å². The summed E-state index contributed by atoms with van der Waals surface area (Å²) < 4.78 is 39.5. The van der Waals surface area contributed by atoms with Crippen LogP contribution in [0.4, 0.5) is 0 Å². The van der Waals surface area contributed by atoms with E-state index in [4.69, 9.17) is 9.15 Å². The second-order valence-electron chi connectivity index (χ2n) is 9.30. The van der Waals surface area contributed by atoms with E-state index in [1.54, 1.807) is 31.2 Å². The number of aryl methyl sites for hydroxylation is 3. The number of unbranched alkanes of at least 4 members (excludes halogenated alkanes) is 1. The van der Waals surface area contributed by atoms with Crippen molar-refractivity contribution < 1.29 is 22.4 Å². The molecule has 0 unspecified atom stereocenters. The van der Waals surface area contributed by atoms with Gasteiger partial charge in [-0.3, -0.25) is 0 Å². The lowest BCUT2D eigenvalue weighted by atomic mass is 10.0. The summed E-state index contributed by atoms with van der Waals surface area (Å²) in [5, 5.41) is 0.800. The van der Waals surface area contributed by atoms with Crippen LogP contribution in [0.3, 0.4) is 0 Å². The van der Waals surface area contributed by atoms with Crippen molar-refractivity contribution in [2.75, 3.05) is 0 Å². The summed E-state index contributed by atoms with van der Waals surface area (Å²) in [6.07, 6.45) is 2.93. The molecule has 188 valence electrons. The molecule has 1 atom stereocenters. The van der Waals surface area contributed by atoms with Crippen LogP contribution < -0.4 is 15.1 Å². The summed E-state index contributed by atoms with van der Waals surface area (Å²) in [6.45, 7) is 9.45. The average molecular weight is 500 g/mol. The van der Waals surface area contributed by atoms with Crippen molar-refractivity contribution in [3.63, 3.8) is 0 Å². The molecule has 3 rings (SSSR count). The van der Waals surface area contributed by atoms with Crippen LogP contribution >= 0.6 is 0 Å². The van der Waals surface area contributed by atoms with Gasteiger partial charge in [0.15, 0.2) is 0 Å². The van der Waals surface area contributed by atoms with Crippen molar-refractivity contribution in [1.82, 2.24) is 4.72 Å². The van der Waals surface area contributed by atoms with Crippen molar-refractivity contribution in [3.8, 4) is 5.75 Å². The van der Waals surface area contributed by atoms with Crippen molar-refractivity contribution >= 4 is 27.0 Å². The molecule has 8 heteroatoms. The Morgan fingerprint density at radius 1 is 1.09 bits per heavy atom. The van der Waals surface area contributed by atoms with E-state index in [0.29, 0.717) is 11.1 Å². The van der Waals surface area contributed by atoms with Gasteiger partial charge in [-0.2, -0.15) is 4.72 Å². The van der Waals surface area contributed by atoms with Crippen LogP contribution in [0, 0.1) is 19.8 Å². The van der Waals surface area contributed by atoms with E-state index in [1.807, 2.05) is 20.8 Å². The molecule has 0 saturated carbocycles. The van der Waals surface area contributed by atoms with Gasteiger partial charge in [0.05, 0.1) is 4.90 Å². The number of ether oxygens (including phenoxy) is 1. The molecule has 7 nitrogen and oxygen atoms in total. The largest absolute Gasteiger partial charge is 0.425 e. The second kappa shape index (κ2) is 11.2. The van der Waals surface area contributed by atoms with Gasteiger partial charge >= 0.3 is 11.6 Å². The summed E-state index contributed by atoms with van der Waals surface area (Å²) >= 11 is 0. The number of benzene rings is 2. The summed E-state index contributed by atoms with van der Waals surface area (Å²) in [6, 6.07) is 10.2. The zero-order chi connectivity index (χ0) is 25.8. The third-order valence-electron chi connectivity index (χ3n) is 5.83. The predicted molar refractivity (Wildman–Crippen MR) is 136 cm³/mol. The van der Waals surface area contributed by atoms with Crippen LogP contribution in [0.25, 0.3) is 11.0 Å². The number of carbonyl (C=O) groups excluding carboxylic acids is 1. The fourth-order valence-electron chi connectivity index (χ4n) is 3.91. The molecule has 0 bridgehead atoms. The van der Waals surface area contributed by atoms with E-state index in [1.165, 1.54) is 18.2 Å². The molecule has 1 heterocycles. The standard InChI is InChI=1S/C27H33NO6S/c1-6-7-8-20-16-25(29)34-26-19(5)24(14-13-22(20)26)33-27(30)23(15-17(2)3)28-35(31,32)21-11-9-18(4)10-12-21/h9-14,16-17,23,28H,6-8,15H2,1-5H3/t23-/m1/s1. The Morgan fingerprint density at radius 3 is 2.40 bits per heavy atom. The summed E-state index contributed by atoms with van der Waals surface area (Å²) in [5.41, 5.74) is 2.24. The first-order valence-electron chi connectivity index (χ1n) is 11.9. The highest BCUT2D eigenvalue weighted by atomic mass is 32.2. The summed E-state index contributed by atoms with van der Waals surface area (Å²) in [5.74, 6) is -0.465. The van der Waals surface area contributed by atoms with Gasteiger partial charge in [0, 0.05) is 17.0 Å². The third-order valence-corrected chi connectivity index (χ3v) is 7.32. The number of hydrogen-bond acceptors (Lipinski definition) is 6. The maximum absolute atomic E-state index is 13.1. The quantitative estimate of drug-likeness (QED) is 0.238. The minimum absolute atomic E-state index is 0.0325. The highest BCUT2D eigenvalue weighted by molar-refractivity contribution is 7.89. The van der Waals surface area contributed by atoms with Gasteiger partial charge in [-0.25, -0.2) is 18.0 Å². The van der Waals surface area contributed by atoms with E-state index >= 15 is 0 Å². The van der Waals surface area contributed by atoms with E-state index < -0.39 is 27.7 Å². The Bertz CT molecular complexity index is 1360. The number of rotatable bonds is 10. The van der Waals surface area contributed by atoms with Gasteiger partial charge in [0.2, 0.25) is 10.0 Å². The normalized spacial score (nSPS) is 12.7. The van der Waals surface area contributed by atoms with E-state index in [2.05, 4.69) is 11.6 Å². The van der Waals surface area contributed by atoms with Crippen molar-refractivity contribution in [3.05, 3.63) is 69.6 Å². The Kier molecular flexibility index (Phi) is 8.51. The van der Waals surface area contributed by atoms with E-state index in [0.717, 1.165) is 35.8 Å².